The summed E-state index contributed by atoms with van der Waals surface area (Å²) in [5.74, 6) is -1.23. The van der Waals surface area contributed by atoms with Crippen LogP contribution in [-0.2, 0) is 17.8 Å². The Hall–Kier alpha value is -1.72. The van der Waals surface area contributed by atoms with E-state index >= 15 is 0 Å². The third kappa shape index (κ3) is 4.12. The molecule has 3 nitrogen and oxygen atoms in total. The van der Waals surface area contributed by atoms with Gasteiger partial charge in [0.15, 0.2) is 0 Å². The molecule has 0 fully saturated rings. The van der Waals surface area contributed by atoms with Crippen LogP contribution in [0.15, 0.2) is 46.9 Å². The van der Waals surface area contributed by atoms with Gasteiger partial charge in [-0.3, -0.25) is 0 Å². The fourth-order valence-electron chi connectivity index (χ4n) is 1.93. The quantitative estimate of drug-likeness (QED) is 0.835. The predicted molar refractivity (Wildman–Crippen MR) is 82.4 cm³/mol. The van der Waals surface area contributed by atoms with Gasteiger partial charge in [0.2, 0.25) is 0 Å². The number of esters is 1. The number of ether oxygens (including phenoxy) is 1. The van der Waals surface area contributed by atoms with Gasteiger partial charge in [-0.05, 0) is 29.3 Å². The van der Waals surface area contributed by atoms with Crippen molar-refractivity contribution in [2.24, 2.45) is 0 Å². The van der Waals surface area contributed by atoms with Crippen molar-refractivity contribution < 1.29 is 13.9 Å². The fraction of sp³-hybridized carbons (Fsp3) is 0.188. The highest BCUT2D eigenvalue weighted by Gasteiger charge is 2.12. The molecule has 0 aromatic heterocycles. The Morgan fingerprint density at radius 3 is 2.67 bits per heavy atom. The van der Waals surface area contributed by atoms with Crippen LogP contribution in [0.1, 0.15) is 21.5 Å². The molecular weight excluding hydrogens is 337 g/mol. The molecule has 0 radical (unpaired) electrons. The van der Waals surface area contributed by atoms with Crippen molar-refractivity contribution in [3.05, 3.63) is 69.4 Å². The molecule has 2 aromatic carbocycles. The van der Waals surface area contributed by atoms with Gasteiger partial charge in [-0.1, -0.05) is 40.2 Å². The van der Waals surface area contributed by atoms with E-state index in [1.54, 1.807) is 6.07 Å². The van der Waals surface area contributed by atoms with Crippen molar-refractivity contribution in [1.29, 1.82) is 0 Å². The van der Waals surface area contributed by atoms with Gasteiger partial charge in [0.1, 0.15) is 5.82 Å². The average Bonchev–Trinajstić information content (AvgIpc) is 2.48. The van der Waals surface area contributed by atoms with Crippen molar-refractivity contribution in [3.63, 3.8) is 0 Å². The molecule has 5 heteroatoms. The number of methoxy groups -OCH3 is 1. The number of halogens is 2. The maximum atomic E-state index is 13.8. The first-order valence-corrected chi connectivity index (χ1v) is 7.22. The van der Waals surface area contributed by atoms with E-state index in [4.69, 9.17) is 0 Å². The largest absolute Gasteiger partial charge is 0.465 e. The number of carbonyl (C=O) groups excluding carboxylic acids is 1. The molecule has 0 saturated carbocycles. The van der Waals surface area contributed by atoms with Gasteiger partial charge >= 0.3 is 5.97 Å². The van der Waals surface area contributed by atoms with Gasteiger partial charge in [-0.25, -0.2) is 9.18 Å². The molecule has 0 heterocycles. The lowest BCUT2D eigenvalue weighted by Gasteiger charge is -2.08. The van der Waals surface area contributed by atoms with Crippen LogP contribution >= 0.6 is 15.9 Å². The molecule has 0 amide bonds. The van der Waals surface area contributed by atoms with E-state index in [0.717, 1.165) is 15.6 Å². The molecule has 0 spiro atoms. The molecule has 0 aliphatic carbocycles. The number of nitrogens with one attached hydrogen (secondary N) is 1. The zero-order valence-electron chi connectivity index (χ0n) is 11.5. The molecule has 0 atom stereocenters. The van der Waals surface area contributed by atoms with Crippen molar-refractivity contribution >= 4 is 21.9 Å². The SMILES string of the molecule is COC(=O)c1ccc(CNCc2ccccc2Br)cc1F. The summed E-state index contributed by atoms with van der Waals surface area (Å²) in [7, 11) is 1.23. The molecule has 0 aliphatic heterocycles. The van der Waals surface area contributed by atoms with Crippen LogP contribution in [0, 0.1) is 5.82 Å². The van der Waals surface area contributed by atoms with E-state index in [1.165, 1.54) is 19.2 Å². The number of benzene rings is 2. The van der Waals surface area contributed by atoms with Crippen molar-refractivity contribution in [2.75, 3.05) is 7.11 Å². The van der Waals surface area contributed by atoms with Crippen LogP contribution in [0.2, 0.25) is 0 Å². The van der Waals surface area contributed by atoms with Gasteiger partial charge in [0, 0.05) is 17.6 Å². The van der Waals surface area contributed by atoms with Crippen LogP contribution in [0.4, 0.5) is 4.39 Å². The van der Waals surface area contributed by atoms with Crippen LogP contribution in [0.25, 0.3) is 0 Å². The summed E-state index contributed by atoms with van der Waals surface area (Å²) in [5, 5.41) is 3.24. The zero-order valence-corrected chi connectivity index (χ0v) is 13.1. The topological polar surface area (TPSA) is 38.3 Å². The molecule has 0 unspecified atom stereocenters. The molecular formula is C16H15BrFNO2. The van der Waals surface area contributed by atoms with Gasteiger partial charge < -0.3 is 10.1 Å². The summed E-state index contributed by atoms with van der Waals surface area (Å²) in [6.07, 6.45) is 0. The summed E-state index contributed by atoms with van der Waals surface area (Å²) in [5.41, 5.74) is 1.85. The normalized spacial score (nSPS) is 10.4. The molecule has 0 bridgehead atoms. The van der Waals surface area contributed by atoms with Crippen LogP contribution in [0.3, 0.4) is 0 Å². The Balaban J connectivity index is 1.97. The van der Waals surface area contributed by atoms with Crippen molar-refractivity contribution in [2.45, 2.75) is 13.1 Å². The summed E-state index contributed by atoms with van der Waals surface area (Å²) in [4.78, 5) is 11.3. The first-order chi connectivity index (χ1) is 10.1. The minimum atomic E-state index is -0.666. The van der Waals surface area contributed by atoms with E-state index < -0.39 is 11.8 Å². The van der Waals surface area contributed by atoms with E-state index in [2.05, 4.69) is 26.0 Å². The van der Waals surface area contributed by atoms with Crippen LogP contribution < -0.4 is 5.32 Å². The Labute approximate surface area is 131 Å². The first-order valence-electron chi connectivity index (χ1n) is 6.42. The number of rotatable bonds is 5. The van der Waals surface area contributed by atoms with E-state index in [9.17, 15) is 9.18 Å². The third-order valence-electron chi connectivity index (χ3n) is 3.04. The number of carbonyl (C=O) groups is 1. The van der Waals surface area contributed by atoms with Crippen molar-refractivity contribution in [3.8, 4) is 0 Å². The molecule has 21 heavy (non-hydrogen) atoms. The van der Waals surface area contributed by atoms with E-state index in [-0.39, 0.29) is 5.56 Å². The molecule has 2 aromatic rings. The van der Waals surface area contributed by atoms with E-state index in [0.29, 0.717) is 13.1 Å². The monoisotopic (exact) mass is 351 g/mol. The lowest BCUT2D eigenvalue weighted by Crippen LogP contribution is -2.14. The molecule has 110 valence electrons. The summed E-state index contributed by atoms with van der Waals surface area (Å²) < 4.78 is 19.3. The smallest absolute Gasteiger partial charge is 0.340 e. The highest BCUT2D eigenvalue weighted by molar-refractivity contribution is 9.10. The second-order valence-corrected chi connectivity index (χ2v) is 5.36. The maximum absolute atomic E-state index is 13.8. The Morgan fingerprint density at radius 2 is 2.00 bits per heavy atom. The minimum absolute atomic E-state index is 0.0490. The van der Waals surface area contributed by atoms with Gasteiger partial charge in [0.25, 0.3) is 0 Å². The highest BCUT2D eigenvalue weighted by Crippen LogP contribution is 2.16. The van der Waals surface area contributed by atoms with E-state index in [1.807, 2.05) is 24.3 Å². The lowest BCUT2D eigenvalue weighted by atomic mass is 10.1. The Kier molecular flexibility index (Phi) is 5.47. The molecule has 0 aliphatic rings. The highest BCUT2D eigenvalue weighted by atomic mass is 79.9. The standard InChI is InChI=1S/C16H15BrFNO2/c1-21-16(20)13-7-6-11(8-15(13)18)9-19-10-12-4-2-3-5-14(12)17/h2-8,19H,9-10H2,1H3. The third-order valence-corrected chi connectivity index (χ3v) is 3.81. The summed E-state index contributed by atoms with van der Waals surface area (Å²) >= 11 is 3.48. The first kappa shape index (κ1) is 15.7. The maximum Gasteiger partial charge on any atom is 0.340 e. The second kappa shape index (κ2) is 7.33. The van der Waals surface area contributed by atoms with Gasteiger partial charge in [-0.2, -0.15) is 0 Å². The molecule has 0 saturated heterocycles. The van der Waals surface area contributed by atoms with Crippen molar-refractivity contribution in [1.82, 2.24) is 5.32 Å². The van der Waals surface area contributed by atoms with Crippen LogP contribution in [-0.4, -0.2) is 13.1 Å². The Morgan fingerprint density at radius 1 is 1.24 bits per heavy atom. The fourth-order valence-corrected chi connectivity index (χ4v) is 2.35. The summed E-state index contributed by atoms with van der Waals surface area (Å²) in [6.45, 7) is 1.18. The second-order valence-electron chi connectivity index (χ2n) is 4.50. The predicted octanol–water partition coefficient (Wildman–Crippen LogP) is 3.66. The average molecular weight is 352 g/mol. The van der Waals surface area contributed by atoms with Crippen LogP contribution in [0.5, 0.6) is 0 Å². The lowest BCUT2D eigenvalue weighted by molar-refractivity contribution is 0.0595. The molecule has 1 N–H and O–H groups in total. The Bertz CT molecular complexity index is 646. The molecule has 2 rings (SSSR count). The number of hydrogen-bond acceptors (Lipinski definition) is 3. The minimum Gasteiger partial charge on any atom is -0.465 e. The van der Waals surface area contributed by atoms with Gasteiger partial charge in [-0.15, -0.1) is 0 Å². The zero-order chi connectivity index (χ0) is 15.2. The summed E-state index contributed by atoms with van der Waals surface area (Å²) in [6, 6.07) is 12.4. The number of hydrogen-bond donors (Lipinski definition) is 1. The van der Waals surface area contributed by atoms with Gasteiger partial charge in [0.05, 0.1) is 12.7 Å².